The fourth-order valence-corrected chi connectivity index (χ4v) is 3.06. The molecule has 0 aliphatic rings. The first-order valence-electron chi connectivity index (χ1n) is 8.36. The van der Waals surface area contributed by atoms with Gasteiger partial charge in [0, 0.05) is 22.4 Å². The number of ether oxygens (including phenoxy) is 3. The minimum atomic E-state index is -0.896. The zero-order valence-corrected chi connectivity index (χ0v) is 16.6. The van der Waals surface area contributed by atoms with E-state index in [1.807, 2.05) is 25.1 Å². The lowest BCUT2D eigenvalue weighted by Gasteiger charge is -2.13. The number of rotatable bonds is 8. The highest BCUT2D eigenvalue weighted by Crippen LogP contribution is 2.27. The first kappa shape index (κ1) is 20.5. The fourth-order valence-electron chi connectivity index (χ4n) is 2.28. The average molecular weight is 389 g/mol. The molecule has 0 spiro atoms. The van der Waals surface area contributed by atoms with Gasteiger partial charge in [0.05, 0.1) is 14.2 Å². The van der Waals surface area contributed by atoms with Gasteiger partial charge in [-0.15, -0.1) is 11.3 Å². The summed E-state index contributed by atoms with van der Waals surface area (Å²) < 4.78 is 15.5. The van der Waals surface area contributed by atoms with E-state index in [-0.39, 0.29) is 12.5 Å². The molecule has 0 saturated heterocycles. The van der Waals surface area contributed by atoms with Crippen LogP contribution in [0.2, 0.25) is 0 Å². The van der Waals surface area contributed by atoms with Crippen molar-refractivity contribution >= 4 is 29.3 Å². The summed E-state index contributed by atoms with van der Waals surface area (Å²) in [5, 5.41) is 2.74. The maximum Gasteiger partial charge on any atom is 0.331 e. The number of methoxy groups -OCH3 is 2. The third-order valence-electron chi connectivity index (χ3n) is 3.72. The van der Waals surface area contributed by atoms with Crippen LogP contribution in [0, 0.1) is 6.92 Å². The molecule has 0 unspecified atom stereocenters. The van der Waals surface area contributed by atoms with Gasteiger partial charge in [0.1, 0.15) is 0 Å². The van der Waals surface area contributed by atoms with Crippen LogP contribution < -0.4 is 14.8 Å². The van der Waals surface area contributed by atoms with Crippen LogP contribution in [0.15, 0.2) is 36.4 Å². The van der Waals surface area contributed by atoms with E-state index in [0.717, 1.165) is 15.3 Å². The Labute approximate surface area is 162 Å². The molecule has 2 rings (SSSR count). The highest BCUT2D eigenvalue weighted by molar-refractivity contribution is 7.12. The summed E-state index contributed by atoms with van der Waals surface area (Å²) in [5.41, 5.74) is 0.840. The summed E-state index contributed by atoms with van der Waals surface area (Å²) in [6, 6.07) is 9.26. The molecule has 0 radical (unpaired) electrons. The molecule has 0 aliphatic heterocycles. The molecule has 0 fully saturated rings. The van der Waals surface area contributed by atoms with E-state index in [2.05, 4.69) is 5.32 Å². The van der Waals surface area contributed by atoms with Gasteiger partial charge in [-0.3, -0.25) is 4.79 Å². The molecule has 6 nitrogen and oxygen atoms in total. The van der Waals surface area contributed by atoms with E-state index in [9.17, 15) is 9.59 Å². The van der Waals surface area contributed by atoms with Crippen LogP contribution >= 0.6 is 11.3 Å². The Balaban J connectivity index is 1.84. The van der Waals surface area contributed by atoms with Crippen LogP contribution in [-0.2, 0) is 20.9 Å². The third kappa shape index (κ3) is 6.14. The minimum Gasteiger partial charge on any atom is -0.493 e. The van der Waals surface area contributed by atoms with Crippen molar-refractivity contribution in [3.8, 4) is 11.5 Å². The van der Waals surface area contributed by atoms with Crippen molar-refractivity contribution in [2.24, 2.45) is 0 Å². The topological polar surface area (TPSA) is 73.9 Å². The van der Waals surface area contributed by atoms with Crippen LogP contribution in [0.4, 0.5) is 0 Å². The zero-order valence-electron chi connectivity index (χ0n) is 15.8. The highest BCUT2D eigenvalue weighted by atomic mass is 32.1. The van der Waals surface area contributed by atoms with Gasteiger partial charge in [-0.2, -0.15) is 0 Å². The molecule has 27 heavy (non-hydrogen) atoms. The summed E-state index contributed by atoms with van der Waals surface area (Å²) in [7, 11) is 3.11. The van der Waals surface area contributed by atoms with Gasteiger partial charge in [0.25, 0.3) is 5.91 Å². The smallest absolute Gasteiger partial charge is 0.331 e. The summed E-state index contributed by atoms with van der Waals surface area (Å²) in [6.45, 7) is 3.81. The van der Waals surface area contributed by atoms with E-state index >= 15 is 0 Å². The van der Waals surface area contributed by atoms with E-state index in [0.29, 0.717) is 11.5 Å². The monoisotopic (exact) mass is 389 g/mol. The van der Waals surface area contributed by atoms with Crippen molar-refractivity contribution in [2.75, 3.05) is 14.2 Å². The lowest BCUT2D eigenvalue weighted by Crippen LogP contribution is -2.35. The summed E-state index contributed by atoms with van der Waals surface area (Å²) in [5.74, 6) is 0.258. The Hall–Kier alpha value is -2.80. The number of hydrogen-bond donors (Lipinski definition) is 1. The second kappa shape index (κ2) is 9.78. The van der Waals surface area contributed by atoms with Gasteiger partial charge in [-0.05, 0) is 49.8 Å². The van der Waals surface area contributed by atoms with Crippen molar-refractivity contribution < 1.29 is 23.8 Å². The third-order valence-corrected chi connectivity index (χ3v) is 4.69. The molecule has 1 aromatic carbocycles. The number of amides is 1. The Kier molecular flexibility index (Phi) is 7.43. The maximum atomic E-state index is 12.1. The minimum absolute atomic E-state index is 0.283. The van der Waals surface area contributed by atoms with Gasteiger partial charge in [-0.25, -0.2) is 4.79 Å². The SMILES string of the molecule is COc1ccc(CNC(=O)[C@@H](C)OC(=O)/C=C/c2ccc(C)s2)cc1OC. The Morgan fingerprint density at radius 1 is 1.15 bits per heavy atom. The van der Waals surface area contributed by atoms with E-state index < -0.39 is 12.1 Å². The molecule has 144 valence electrons. The van der Waals surface area contributed by atoms with E-state index in [1.54, 1.807) is 43.8 Å². The number of hydrogen-bond acceptors (Lipinski definition) is 6. The number of carbonyl (C=O) groups is 2. The number of nitrogens with one attached hydrogen (secondary N) is 1. The highest BCUT2D eigenvalue weighted by Gasteiger charge is 2.16. The molecule has 1 atom stereocenters. The maximum absolute atomic E-state index is 12.1. The molecular formula is C20H23NO5S. The van der Waals surface area contributed by atoms with Crippen molar-refractivity contribution in [3.05, 3.63) is 51.7 Å². The zero-order chi connectivity index (χ0) is 19.8. The fraction of sp³-hybridized carbons (Fsp3) is 0.300. The quantitative estimate of drug-likeness (QED) is 0.554. The van der Waals surface area contributed by atoms with Crippen LogP contribution in [0.5, 0.6) is 11.5 Å². The van der Waals surface area contributed by atoms with Crippen molar-refractivity contribution in [1.29, 1.82) is 0 Å². The molecule has 1 aromatic heterocycles. The second-order valence-electron chi connectivity index (χ2n) is 5.77. The van der Waals surface area contributed by atoms with E-state index in [1.165, 1.54) is 13.0 Å². The standard InChI is InChI=1S/C20H23NO5S/c1-13-5-7-16(27-13)8-10-19(22)26-14(2)20(23)21-12-15-6-9-17(24-3)18(11-15)25-4/h5-11,14H,12H2,1-4H3,(H,21,23)/b10-8+/t14-/m1/s1. The van der Waals surface area contributed by atoms with Gasteiger partial charge in [0.2, 0.25) is 0 Å². The number of thiophene rings is 1. The average Bonchev–Trinajstić information content (AvgIpc) is 3.09. The van der Waals surface area contributed by atoms with Crippen LogP contribution in [-0.4, -0.2) is 32.2 Å². The lowest BCUT2D eigenvalue weighted by molar-refractivity contribution is -0.150. The molecule has 1 N–H and O–H groups in total. The first-order chi connectivity index (χ1) is 12.9. The van der Waals surface area contributed by atoms with Gasteiger partial charge in [-0.1, -0.05) is 6.07 Å². The second-order valence-corrected chi connectivity index (χ2v) is 7.09. The number of aryl methyl sites for hydroxylation is 1. The largest absolute Gasteiger partial charge is 0.493 e. The van der Waals surface area contributed by atoms with Gasteiger partial charge >= 0.3 is 5.97 Å². The molecule has 7 heteroatoms. The summed E-state index contributed by atoms with van der Waals surface area (Å²) in [4.78, 5) is 26.1. The summed E-state index contributed by atoms with van der Waals surface area (Å²) in [6.07, 6.45) is 2.10. The summed E-state index contributed by atoms with van der Waals surface area (Å²) >= 11 is 1.57. The van der Waals surface area contributed by atoms with Crippen LogP contribution in [0.25, 0.3) is 6.08 Å². The Morgan fingerprint density at radius 2 is 1.89 bits per heavy atom. The number of benzene rings is 1. The van der Waals surface area contributed by atoms with Crippen molar-refractivity contribution in [3.63, 3.8) is 0 Å². The molecule has 0 saturated carbocycles. The van der Waals surface area contributed by atoms with E-state index in [4.69, 9.17) is 14.2 Å². The number of carbonyl (C=O) groups excluding carboxylic acids is 2. The first-order valence-corrected chi connectivity index (χ1v) is 9.18. The molecule has 1 heterocycles. The van der Waals surface area contributed by atoms with Gasteiger partial charge < -0.3 is 19.5 Å². The number of esters is 1. The normalized spacial score (nSPS) is 11.9. The molecular weight excluding hydrogens is 366 g/mol. The van der Waals surface area contributed by atoms with Crippen molar-refractivity contribution in [2.45, 2.75) is 26.5 Å². The predicted molar refractivity (Wildman–Crippen MR) is 105 cm³/mol. The molecule has 1 amide bonds. The van der Waals surface area contributed by atoms with Gasteiger partial charge in [0.15, 0.2) is 17.6 Å². The van der Waals surface area contributed by atoms with Crippen molar-refractivity contribution in [1.82, 2.24) is 5.32 Å². The predicted octanol–water partition coefficient (Wildman–Crippen LogP) is 3.34. The Bertz CT molecular complexity index is 828. The molecule has 0 bridgehead atoms. The molecule has 0 aliphatic carbocycles. The van der Waals surface area contributed by atoms with Crippen LogP contribution in [0.1, 0.15) is 22.2 Å². The Morgan fingerprint density at radius 3 is 2.52 bits per heavy atom. The lowest BCUT2D eigenvalue weighted by atomic mass is 10.2. The molecule has 2 aromatic rings. The van der Waals surface area contributed by atoms with Crippen LogP contribution in [0.3, 0.4) is 0 Å².